The summed E-state index contributed by atoms with van der Waals surface area (Å²) in [6, 6.07) is 4.41. The molecule has 0 N–H and O–H groups in total. The Bertz CT molecular complexity index is 688. The summed E-state index contributed by atoms with van der Waals surface area (Å²) < 4.78 is 24.9. The number of ether oxygens (including phenoxy) is 2. The van der Waals surface area contributed by atoms with Gasteiger partial charge in [0, 0.05) is 11.6 Å². The largest absolute Gasteiger partial charge is 0.497 e. The van der Waals surface area contributed by atoms with E-state index >= 15 is 0 Å². The Morgan fingerprint density at radius 2 is 2.10 bits per heavy atom. The van der Waals surface area contributed by atoms with E-state index in [-0.39, 0.29) is 17.4 Å². The second-order valence-corrected chi connectivity index (χ2v) is 4.32. The van der Waals surface area contributed by atoms with Gasteiger partial charge in [-0.05, 0) is 6.07 Å². The summed E-state index contributed by atoms with van der Waals surface area (Å²) in [5.74, 6) is -0.126. The number of rotatable bonds is 4. The van der Waals surface area contributed by atoms with Crippen LogP contribution in [0.5, 0.6) is 11.5 Å². The van der Waals surface area contributed by atoms with Gasteiger partial charge >= 0.3 is 0 Å². The van der Waals surface area contributed by atoms with Crippen molar-refractivity contribution in [1.82, 2.24) is 9.55 Å². The molecule has 7 heteroatoms. The van der Waals surface area contributed by atoms with Gasteiger partial charge in [0.1, 0.15) is 11.6 Å². The number of benzene rings is 1. The molecule has 0 aliphatic rings. The number of halogens is 2. The van der Waals surface area contributed by atoms with Gasteiger partial charge in [-0.3, -0.25) is 9.36 Å². The molecule has 0 fully saturated rings. The first-order valence-corrected chi connectivity index (χ1v) is 6.06. The second-order valence-electron chi connectivity index (χ2n) is 3.96. The van der Waals surface area contributed by atoms with Crippen LogP contribution in [0, 0.1) is 5.82 Å². The van der Waals surface area contributed by atoms with Gasteiger partial charge < -0.3 is 9.47 Å². The third-order valence-corrected chi connectivity index (χ3v) is 3.03. The highest BCUT2D eigenvalue weighted by molar-refractivity contribution is 6.30. The Morgan fingerprint density at radius 3 is 2.70 bits per heavy atom. The number of hydrogen-bond donors (Lipinski definition) is 0. The van der Waals surface area contributed by atoms with Crippen LogP contribution in [0.3, 0.4) is 0 Å². The van der Waals surface area contributed by atoms with E-state index in [0.29, 0.717) is 11.3 Å². The summed E-state index contributed by atoms with van der Waals surface area (Å²) in [5.41, 5.74) is -0.137. The Balaban J connectivity index is 2.38. The van der Waals surface area contributed by atoms with Gasteiger partial charge in [0.15, 0.2) is 5.15 Å². The van der Waals surface area contributed by atoms with Crippen molar-refractivity contribution in [1.29, 1.82) is 0 Å². The molecule has 2 rings (SSSR count). The molecule has 2 aromatic rings. The van der Waals surface area contributed by atoms with E-state index in [9.17, 15) is 9.18 Å². The molecular weight excluding hydrogens is 287 g/mol. The summed E-state index contributed by atoms with van der Waals surface area (Å²) >= 11 is 5.74. The van der Waals surface area contributed by atoms with Crippen LogP contribution in [0.4, 0.5) is 4.39 Å². The fourth-order valence-corrected chi connectivity index (χ4v) is 1.90. The lowest BCUT2D eigenvalue weighted by Crippen LogP contribution is -2.23. The van der Waals surface area contributed by atoms with E-state index in [1.54, 1.807) is 12.1 Å². The Labute approximate surface area is 119 Å². The lowest BCUT2D eigenvalue weighted by molar-refractivity contribution is 0.400. The van der Waals surface area contributed by atoms with E-state index in [1.165, 1.54) is 31.2 Å². The Morgan fingerprint density at radius 1 is 1.35 bits per heavy atom. The van der Waals surface area contributed by atoms with E-state index in [1.807, 2.05) is 0 Å². The average Bonchev–Trinajstić information content (AvgIpc) is 2.44. The molecule has 0 saturated heterocycles. The topological polar surface area (TPSA) is 53.4 Å². The maximum atomic E-state index is 13.8. The van der Waals surface area contributed by atoms with Gasteiger partial charge in [0.2, 0.25) is 5.75 Å². The van der Waals surface area contributed by atoms with Gasteiger partial charge in [-0.15, -0.1) is 0 Å². The standard InChI is InChI=1S/C13H12ClFN2O3/c1-19-9-4-3-8(10(15)5-9)6-17-7-16-12(14)11(20-2)13(17)18/h3-5,7H,6H2,1-2H3. The number of nitrogens with zero attached hydrogens (tertiary/aromatic N) is 2. The van der Waals surface area contributed by atoms with Crippen molar-refractivity contribution in [2.24, 2.45) is 0 Å². The number of hydrogen-bond acceptors (Lipinski definition) is 4. The highest BCUT2D eigenvalue weighted by Gasteiger charge is 2.12. The van der Waals surface area contributed by atoms with Crippen LogP contribution in [-0.4, -0.2) is 23.8 Å². The van der Waals surface area contributed by atoms with Crippen molar-refractivity contribution >= 4 is 11.6 Å². The number of methoxy groups -OCH3 is 2. The zero-order valence-corrected chi connectivity index (χ0v) is 11.6. The molecule has 0 spiro atoms. The fourth-order valence-electron chi connectivity index (χ4n) is 1.70. The van der Waals surface area contributed by atoms with Gasteiger partial charge in [-0.1, -0.05) is 17.7 Å². The van der Waals surface area contributed by atoms with Crippen LogP contribution in [0.15, 0.2) is 29.3 Å². The minimum Gasteiger partial charge on any atom is -0.497 e. The summed E-state index contributed by atoms with van der Waals surface area (Å²) in [7, 11) is 2.77. The zero-order chi connectivity index (χ0) is 14.7. The molecule has 0 bridgehead atoms. The Kier molecular flexibility index (Phi) is 4.24. The van der Waals surface area contributed by atoms with Gasteiger partial charge in [-0.25, -0.2) is 9.37 Å². The molecule has 5 nitrogen and oxygen atoms in total. The SMILES string of the molecule is COc1ccc(Cn2cnc(Cl)c(OC)c2=O)c(F)c1. The predicted octanol–water partition coefficient (Wildman–Crippen LogP) is 2.10. The fraction of sp³-hybridized carbons (Fsp3) is 0.231. The molecule has 0 atom stereocenters. The van der Waals surface area contributed by atoms with Gasteiger partial charge in [0.05, 0.1) is 27.1 Å². The van der Waals surface area contributed by atoms with Crippen molar-refractivity contribution in [3.63, 3.8) is 0 Å². The molecule has 1 aromatic carbocycles. The molecular formula is C13H12ClFN2O3. The lowest BCUT2D eigenvalue weighted by atomic mass is 10.2. The molecule has 0 radical (unpaired) electrons. The van der Waals surface area contributed by atoms with Crippen LogP contribution in [0.25, 0.3) is 0 Å². The maximum Gasteiger partial charge on any atom is 0.297 e. The van der Waals surface area contributed by atoms with Gasteiger partial charge in [-0.2, -0.15) is 0 Å². The van der Waals surface area contributed by atoms with E-state index in [2.05, 4.69) is 4.98 Å². The molecule has 1 aromatic heterocycles. The average molecular weight is 299 g/mol. The minimum absolute atomic E-state index is 0.0230. The lowest BCUT2D eigenvalue weighted by Gasteiger charge is -2.09. The molecule has 0 saturated carbocycles. The number of aromatic nitrogens is 2. The van der Waals surface area contributed by atoms with Crippen LogP contribution in [0.1, 0.15) is 5.56 Å². The van der Waals surface area contributed by atoms with Crippen molar-refractivity contribution in [3.05, 3.63) is 51.4 Å². The van der Waals surface area contributed by atoms with Crippen LogP contribution >= 0.6 is 11.6 Å². The second kappa shape index (κ2) is 5.92. The highest BCUT2D eigenvalue weighted by Crippen LogP contribution is 2.18. The van der Waals surface area contributed by atoms with Crippen molar-refractivity contribution in [2.45, 2.75) is 6.54 Å². The molecule has 0 unspecified atom stereocenters. The summed E-state index contributed by atoms with van der Waals surface area (Å²) in [6.45, 7) is 0.0230. The molecule has 0 aliphatic carbocycles. The first-order chi connectivity index (χ1) is 9.56. The summed E-state index contributed by atoms with van der Waals surface area (Å²) in [4.78, 5) is 15.9. The van der Waals surface area contributed by atoms with Crippen molar-refractivity contribution in [3.8, 4) is 11.5 Å². The quantitative estimate of drug-likeness (QED) is 0.811. The molecule has 0 aliphatic heterocycles. The Hall–Kier alpha value is -2.08. The summed E-state index contributed by atoms with van der Waals surface area (Å²) in [6.07, 6.45) is 1.25. The monoisotopic (exact) mass is 298 g/mol. The molecule has 106 valence electrons. The third kappa shape index (κ3) is 2.75. The van der Waals surface area contributed by atoms with Crippen LogP contribution in [0.2, 0.25) is 5.15 Å². The van der Waals surface area contributed by atoms with Crippen molar-refractivity contribution in [2.75, 3.05) is 14.2 Å². The van der Waals surface area contributed by atoms with E-state index in [0.717, 1.165) is 0 Å². The van der Waals surface area contributed by atoms with Crippen LogP contribution < -0.4 is 15.0 Å². The zero-order valence-electron chi connectivity index (χ0n) is 10.9. The highest BCUT2D eigenvalue weighted by atomic mass is 35.5. The normalized spacial score (nSPS) is 10.4. The smallest absolute Gasteiger partial charge is 0.297 e. The van der Waals surface area contributed by atoms with E-state index < -0.39 is 11.4 Å². The predicted molar refractivity (Wildman–Crippen MR) is 72.1 cm³/mol. The minimum atomic E-state index is -0.470. The summed E-state index contributed by atoms with van der Waals surface area (Å²) in [5, 5.41) is -0.0241. The molecule has 0 amide bonds. The van der Waals surface area contributed by atoms with Crippen LogP contribution in [-0.2, 0) is 6.54 Å². The van der Waals surface area contributed by atoms with Crippen molar-refractivity contribution < 1.29 is 13.9 Å². The first-order valence-electron chi connectivity index (χ1n) is 5.68. The van der Waals surface area contributed by atoms with Gasteiger partial charge in [0.25, 0.3) is 5.56 Å². The third-order valence-electron chi connectivity index (χ3n) is 2.76. The molecule has 1 heterocycles. The first kappa shape index (κ1) is 14.3. The molecule has 20 heavy (non-hydrogen) atoms. The maximum absolute atomic E-state index is 13.8. The van der Waals surface area contributed by atoms with E-state index in [4.69, 9.17) is 21.1 Å².